The highest BCUT2D eigenvalue weighted by molar-refractivity contribution is 6.30. The largest absolute Gasteiger partial charge is 0.493 e. The van der Waals surface area contributed by atoms with Crippen LogP contribution in [0.5, 0.6) is 11.5 Å². The summed E-state index contributed by atoms with van der Waals surface area (Å²) < 4.78 is 30.3. The van der Waals surface area contributed by atoms with Crippen molar-refractivity contribution in [2.75, 3.05) is 7.11 Å². The molecule has 6 heteroatoms. The molecule has 0 atom stereocenters. The predicted molar refractivity (Wildman–Crippen MR) is 117 cm³/mol. The fourth-order valence-electron chi connectivity index (χ4n) is 3.09. The number of benzene rings is 3. The van der Waals surface area contributed by atoms with Gasteiger partial charge in [0.15, 0.2) is 11.5 Å². The van der Waals surface area contributed by atoms with E-state index in [1.807, 2.05) is 0 Å². The first-order valence-electron chi connectivity index (χ1n) is 9.49. The van der Waals surface area contributed by atoms with Gasteiger partial charge in [-0.2, -0.15) is 0 Å². The number of ether oxygens (including phenoxy) is 3. The van der Waals surface area contributed by atoms with Crippen molar-refractivity contribution in [3.63, 3.8) is 0 Å². The van der Waals surface area contributed by atoms with Gasteiger partial charge in [-0.15, -0.1) is 0 Å². The highest BCUT2D eigenvalue weighted by Crippen LogP contribution is 2.32. The summed E-state index contributed by atoms with van der Waals surface area (Å²) in [4.78, 5) is 12.3. The molecule has 4 rings (SSSR count). The van der Waals surface area contributed by atoms with E-state index in [0.29, 0.717) is 33.4 Å². The molecule has 1 heterocycles. The van der Waals surface area contributed by atoms with Crippen molar-refractivity contribution in [3.05, 3.63) is 106 Å². The Morgan fingerprint density at radius 2 is 1.81 bits per heavy atom. The minimum absolute atomic E-state index is 0.0724. The Labute approximate surface area is 184 Å². The van der Waals surface area contributed by atoms with Crippen molar-refractivity contribution < 1.29 is 23.4 Å². The predicted octanol–water partition coefficient (Wildman–Crippen LogP) is 6.05. The normalized spacial score (nSPS) is 14.4. The van der Waals surface area contributed by atoms with Gasteiger partial charge >= 0.3 is 5.97 Å². The molecule has 0 unspecified atom stereocenters. The van der Waals surface area contributed by atoms with Gasteiger partial charge in [-0.05, 0) is 60.2 Å². The van der Waals surface area contributed by atoms with Crippen molar-refractivity contribution in [1.82, 2.24) is 0 Å². The van der Waals surface area contributed by atoms with Crippen LogP contribution in [0.3, 0.4) is 0 Å². The quantitative estimate of drug-likeness (QED) is 0.348. The van der Waals surface area contributed by atoms with Crippen LogP contribution in [0.4, 0.5) is 4.39 Å². The lowest BCUT2D eigenvalue weighted by molar-refractivity contribution is -0.130. The van der Waals surface area contributed by atoms with Crippen molar-refractivity contribution in [1.29, 1.82) is 0 Å². The maximum absolute atomic E-state index is 13.8. The Morgan fingerprint density at radius 3 is 2.55 bits per heavy atom. The zero-order valence-electron chi connectivity index (χ0n) is 16.6. The molecular weight excluding hydrogens is 419 g/mol. The van der Waals surface area contributed by atoms with E-state index >= 15 is 0 Å². The molecule has 0 fully saturated rings. The monoisotopic (exact) mass is 436 g/mol. The molecule has 0 aliphatic carbocycles. The second-order valence-electron chi connectivity index (χ2n) is 6.80. The van der Waals surface area contributed by atoms with Gasteiger partial charge in [-0.25, -0.2) is 9.18 Å². The molecule has 0 saturated heterocycles. The van der Waals surface area contributed by atoms with Crippen LogP contribution in [0.2, 0.25) is 5.02 Å². The van der Waals surface area contributed by atoms with Crippen LogP contribution in [-0.2, 0) is 16.1 Å². The van der Waals surface area contributed by atoms with E-state index in [1.54, 1.807) is 72.8 Å². The molecule has 3 aromatic carbocycles. The lowest BCUT2D eigenvalue weighted by Gasteiger charge is -2.12. The highest BCUT2D eigenvalue weighted by Gasteiger charge is 2.22. The molecule has 3 aromatic rings. The number of methoxy groups -OCH3 is 1. The molecule has 1 aliphatic heterocycles. The zero-order chi connectivity index (χ0) is 21.8. The van der Waals surface area contributed by atoms with Gasteiger partial charge in [0.2, 0.25) is 0 Å². The topological polar surface area (TPSA) is 44.8 Å². The van der Waals surface area contributed by atoms with E-state index in [9.17, 15) is 9.18 Å². The molecular formula is C25H18ClFO4. The number of hydrogen-bond donors (Lipinski definition) is 0. The molecule has 0 aromatic heterocycles. The average molecular weight is 437 g/mol. The number of cyclic esters (lactones) is 1. The van der Waals surface area contributed by atoms with Crippen LogP contribution in [0, 0.1) is 5.82 Å². The summed E-state index contributed by atoms with van der Waals surface area (Å²) in [6.45, 7) is 0.0724. The summed E-state index contributed by atoms with van der Waals surface area (Å²) in [7, 11) is 1.52. The minimum atomic E-state index is -0.441. The fourth-order valence-corrected chi connectivity index (χ4v) is 3.22. The van der Waals surface area contributed by atoms with Crippen LogP contribution >= 0.6 is 11.6 Å². The lowest BCUT2D eigenvalue weighted by Crippen LogP contribution is -2.00. The van der Waals surface area contributed by atoms with E-state index in [1.165, 1.54) is 13.2 Å². The van der Waals surface area contributed by atoms with Gasteiger partial charge in [0.1, 0.15) is 18.2 Å². The minimum Gasteiger partial charge on any atom is -0.493 e. The van der Waals surface area contributed by atoms with Gasteiger partial charge in [0, 0.05) is 16.1 Å². The summed E-state index contributed by atoms with van der Waals surface area (Å²) in [5.74, 6) is 0.637. The molecule has 0 spiro atoms. The highest BCUT2D eigenvalue weighted by atomic mass is 35.5. The van der Waals surface area contributed by atoms with E-state index in [-0.39, 0.29) is 12.4 Å². The summed E-state index contributed by atoms with van der Waals surface area (Å²) in [6, 6.07) is 18.7. The SMILES string of the molecule is COc1cc(/C=C2\C=C(c3ccc(Cl)cc3)OC2=O)ccc1OCc1ccccc1F. The summed E-state index contributed by atoms with van der Waals surface area (Å²) in [5, 5.41) is 0.605. The number of esters is 1. The Bertz CT molecular complexity index is 1180. The molecule has 0 bridgehead atoms. The van der Waals surface area contributed by atoms with Crippen LogP contribution in [0.25, 0.3) is 11.8 Å². The summed E-state index contributed by atoms with van der Waals surface area (Å²) in [6.07, 6.45) is 3.38. The number of hydrogen-bond acceptors (Lipinski definition) is 4. The van der Waals surface area contributed by atoms with Gasteiger partial charge < -0.3 is 14.2 Å². The van der Waals surface area contributed by atoms with Crippen molar-refractivity contribution in [2.45, 2.75) is 6.61 Å². The number of carbonyl (C=O) groups is 1. The molecule has 0 amide bonds. The van der Waals surface area contributed by atoms with Crippen LogP contribution in [0.1, 0.15) is 16.7 Å². The Balaban J connectivity index is 1.54. The Hall–Kier alpha value is -3.57. The first-order chi connectivity index (χ1) is 15.0. The Kier molecular flexibility index (Phi) is 6.05. The molecule has 0 radical (unpaired) electrons. The van der Waals surface area contributed by atoms with Crippen LogP contribution < -0.4 is 9.47 Å². The summed E-state index contributed by atoms with van der Waals surface area (Å²) >= 11 is 5.91. The maximum atomic E-state index is 13.8. The van der Waals surface area contributed by atoms with Gasteiger partial charge in [-0.3, -0.25) is 0 Å². The number of rotatable bonds is 6. The molecule has 4 nitrogen and oxygen atoms in total. The third-order valence-corrected chi connectivity index (χ3v) is 4.96. The maximum Gasteiger partial charge on any atom is 0.343 e. The van der Waals surface area contributed by atoms with E-state index in [2.05, 4.69) is 0 Å². The smallest absolute Gasteiger partial charge is 0.343 e. The first kappa shape index (κ1) is 20.7. The third-order valence-electron chi connectivity index (χ3n) is 4.70. The van der Waals surface area contributed by atoms with Crippen molar-refractivity contribution in [3.8, 4) is 11.5 Å². The molecule has 0 saturated carbocycles. The lowest BCUT2D eigenvalue weighted by atomic mass is 10.1. The van der Waals surface area contributed by atoms with E-state index in [0.717, 1.165) is 11.1 Å². The molecule has 1 aliphatic rings. The molecule has 156 valence electrons. The number of carbonyl (C=O) groups excluding carboxylic acids is 1. The third kappa shape index (κ3) is 4.78. The zero-order valence-corrected chi connectivity index (χ0v) is 17.4. The van der Waals surface area contributed by atoms with E-state index in [4.69, 9.17) is 25.8 Å². The van der Waals surface area contributed by atoms with Crippen molar-refractivity contribution in [2.24, 2.45) is 0 Å². The summed E-state index contributed by atoms with van der Waals surface area (Å²) in [5.41, 5.74) is 2.35. The average Bonchev–Trinajstić information content (AvgIpc) is 3.14. The van der Waals surface area contributed by atoms with E-state index < -0.39 is 5.97 Å². The van der Waals surface area contributed by atoms with Crippen LogP contribution in [0.15, 0.2) is 78.4 Å². The number of halogens is 2. The first-order valence-corrected chi connectivity index (χ1v) is 9.87. The standard InChI is InChI=1S/C25H18ClFO4/c1-29-24-13-16(6-11-22(24)30-15-18-4-2-3-5-21(18)27)12-19-14-23(31-25(19)28)17-7-9-20(26)10-8-17/h2-14H,15H2,1H3/b19-12+. The van der Waals surface area contributed by atoms with Gasteiger partial charge in [-0.1, -0.05) is 35.9 Å². The van der Waals surface area contributed by atoms with Gasteiger partial charge in [0.05, 0.1) is 12.7 Å². The molecule has 31 heavy (non-hydrogen) atoms. The molecule has 0 N–H and O–H groups in total. The second-order valence-corrected chi connectivity index (χ2v) is 7.23. The van der Waals surface area contributed by atoms with Crippen molar-refractivity contribution >= 4 is 29.4 Å². The second kappa shape index (κ2) is 9.06. The fraction of sp³-hybridized carbons (Fsp3) is 0.0800. The Morgan fingerprint density at radius 1 is 1.03 bits per heavy atom. The van der Waals surface area contributed by atoms with Crippen LogP contribution in [-0.4, -0.2) is 13.1 Å². The van der Waals surface area contributed by atoms with Gasteiger partial charge in [0.25, 0.3) is 0 Å².